The molecule has 0 aromatic heterocycles. The van der Waals surface area contributed by atoms with E-state index in [9.17, 15) is 4.79 Å². The number of amides is 1. The molecule has 0 aliphatic heterocycles. The molecule has 2 aromatic rings. The van der Waals surface area contributed by atoms with Gasteiger partial charge >= 0.3 is 0 Å². The van der Waals surface area contributed by atoms with Crippen LogP contribution in [0.1, 0.15) is 30.0 Å². The molecule has 130 valence electrons. The maximum absolute atomic E-state index is 12.5. The van der Waals surface area contributed by atoms with E-state index in [2.05, 4.69) is 35.2 Å². The number of carbonyl (C=O) groups is 1. The van der Waals surface area contributed by atoms with Gasteiger partial charge in [0.15, 0.2) is 0 Å². The Labute approximate surface area is 150 Å². The minimum atomic E-state index is 0.156. The molecule has 2 aromatic carbocycles. The van der Waals surface area contributed by atoms with Crippen molar-refractivity contribution < 1.29 is 4.79 Å². The average molecular weight is 335 g/mol. The van der Waals surface area contributed by atoms with Crippen molar-refractivity contribution in [1.29, 1.82) is 5.26 Å². The zero-order chi connectivity index (χ0) is 18.2. The number of anilines is 1. The van der Waals surface area contributed by atoms with E-state index in [4.69, 9.17) is 5.26 Å². The van der Waals surface area contributed by atoms with Gasteiger partial charge in [0.1, 0.15) is 0 Å². The highest BCUT2D eigenvalue weighted by atomic mass is 16.2. The van der Waals surface area contributed by atoms with Crippen LogP contribution in [-0.4, -0.2) is 31.4 Å². The molecular formula is C21H25N3O. The summed E-state index contributed by atoms with van der Waals surface area (Å²) in [6.07, 6.45) is 1.18. The minimum Gasteiger partial charge on any atom is -0.378 e. The van der Waals surface area contributed by atoms with Gasteiger partial charge in [0.25, 0.3) is 0 Å². The van der Waals surface area contributed by atoms with Gasteiger partial charge in [0, 0.05) is 39.3 Å². The lowest BCUT2D eigenvalue weighted by Crippen LogP contribution is -2.30. The summed E-state index contributed by atoms with van der Waals surface area (Å²) in [5, 5.41) is 8.83. The molecule has 0 saturated heterocycles. The maximum Gasteiger partial charge on any atom is 0.223 e. The summed E-state index contributed by atoms with van der Waals surface area (Å²) in [5.74, 6) is 0.156. The highest BCUT2D eigenvalue weighted by molar-refractivity contribution is 5.76. The van der Waals surface area contributed by atoms with Gasteiger partial charge in [0.2, 0.25) is 5.91 Å². The molecule has 0 fully saturated rings. The third kappa shape index (κ3) is 5.36. The summed E-state index contributed by atoms with van der Waals surface area (Å²) < 4.78 is 0. The molecule has 0 heterocycles. The topological polar surface area (TPSA) is 47.3 Å². The molecule has 0 spiro atoms. The summed E-state index contributed by atoms with van der Waals surface area (Å²) >= 11 is 0. The molecule has 2 rings (SSSR count). The van der Waals surface area contributed by atoms with Crippen LogP contribution < -0.4 is 4.90 Å². The molecule has 0 unspecified atom stereocenters. The zero-order valence-corrected chi connectivity index (χ0v) is 15.2. The maximum atomic E-state index is 12.5. The van der Waals surface area contributed by atoms with E-state index >= 15 is 0 Å². The summed E-state index contributed by atoms with van der Waals surface area (Å²) in [5.41, 5.74) is 4.02. The quantitative estimate of drug-likeness (QED) is 0.776. The SMILES string of the molecule is CCN(Cc1ccc(N(C)C)cc1)C(=O)CCc1ccc(C#N)cc1. The molecule has 4 nitrogen and oxygen atoms in total. The van der Waals surface area contributed by atoms with Gasteiger partial charge in [-0.2, -0.15) is 5.26 Å². The van der Waals surface area contributed by atoms with Gasteiger partial charge < -0.3 is 9.80 Å². The average Bonchev–Trinajstić information content (AvgIpc) is 2.64. The Morgan fingerprint density at radius 2 is 1.60 bits per heavy atom. The molecule has 1 amide bonds. The molecule has 25 heavy (non-hydrogen) atoms. The standard InChI is InChI=1S/C21H25N3O/c1-4-24(16-19-9-12-20(13-10-19)23(2)3)21(25)14-11-17-5-7-18(15-22)8-6-17/h5-10,12-13H,4,11,14,16H2,1-3H3. The number of nitrogens with zero attached hydrogens (tertiary/aromatic N) is 3. The number of hydrogen-bond acceptors (Lipinski definition) is 3. The van der Waals surface area contributed by atoms with Crippen molar-refractivity contribution in [2.45, 2.75) is 26.3 Å². The normalized spacial score (nSPS) is 10.2. The minimum absolute atomic E-state index is 0.156. The van der Waals surface area contributed by atoms with E-state index < -0.39 is 0 Å². The van der Waals surface area contributed by atoms with Crippen LogP contribution in [0.3, 0.4) is 0 Å². The first-order valence-corrected chi connectivity index (χ1v) is 8.56. The van der Waals surface area contributed by atoms with Crippen LogP contribution in [0.5, 0.6) is 0 Å². The number of carbonyl (C=O) groups excluding carboxylic acids is 1. The van der Waals surface area contributed by atoms with Crippen LogP contribution in [0.2, 0.25) is 0 Å². The Kier molecular flexibility index (Phi) is 6.59. The van der Waals surface area contributed by atoms with Crippen LogP contribution in [0.15, 0.2) is 48.5 Å². The lowest BCUT2D eigenvalue weighted by molar-refractivity contribution is -0.131. The Bertz CT molecular complexity index is 727. The van der Waals surface area contributed by atoms with Gasteiger partial charge in [-0.05, 0) is 48.7 Å². The Morgan fingerprint density at radius 1 is 1.00 bits per heavy atom. The third-order valence-electron chi connectivity index (χ3n) is 4.27. The number of benzene rings is 2. The monoisotopic (exact) mass is 335 g/mol. The second kappa shape index (κ2) is 8.89. The smallest absolute Gasteiger partial charge is 0.223 e. The Balaban J connectivity index is 1.92. The molecule has 0 aliphatic rings. The summed E-state index contributed by atoms with van der Waals surface area (Å²) in [6, 6.07) is 17.8. The molecule has 0 saturated carbocycles. The second-order valence-corrected chi connectivity index (χ2v) is 6.28. The van der Waals surface area contributed by atoms with Crippen molar-refractivity contribution in [2.24, 2.45) is 0 Å². The van der Waals surface area contributed by atoms with Gasteiger partial charge in [-0.15, -0.1) is 0 Å². The fraction of sp³-hybridized carbons (Fsp3) is 0.333. The first-order chi connectivity index (χ1) is 12.0. The van der Waals surface area contributed by atoms with Gasteiger partial charge in [0.05, 0.1) is 11.6 Å². The van der Waals surface area contributed by atoms with Crippen LogP contribution in [0, 0.1) is 11.3 Å². The van der Waals surface area contributed by atoms with Crippen molar-refractivity contribution >= 4 is 11.6 Å². The summed E-state index contributed by atoms with van der Waals surface area (Å²) in [6.45, 7) is 3.34. The number of aryl methyl sites for hydroxylation is 1. The molecule has 4 heteroatoms. The summed E-state index contributed by atoms with van der Waals surface area (Å²) in [4.78, 5) is 16.5. The van der Waals surface area contributed by atoms with Crippen molar-refractivity contribution in [3.8, 4) is 6.07 Å². The first-order valence-electron chi connectivity index (χ1n) is 8.56. The van der Waals surface area contributed by atoms with Crippen LogP contribution in [0.4, 0.5) is 5.69 Å². The van der Waals surface area contributed by atoms with Crippen LogP contribution in [0.25, 0.3) is 0 Å². The van der Waals surface area contributed by atoms with E-state index in [0.717, 1.165) is 16.8 Å². The summed E-state index contributed by atoms with van der Waals surface area (Å²) in [7, 11) is 4.03. The Morgan fingerprint density at radius 3 is 2.12 bits per heavy atom. The molecule has 0 N–H and O–H groups in total. The predicted molar refractivity (Wildman–Crippen MR) is 101 cm³/mol. The predicted octanol–water partition coefficient (Wildman–Crippen LogP) is 3.61. The number of rotatable bonds is 7. The lowest BCUT2D eigenvalue weighted by Gasteiger charge is -2.22. The highest BCUT2D eigenvalue weighted by Crippen LogP contribution is 2.15. The second-order valence-electron chi connectivity index (χ2n) is 6.28. The van der Waals surface area contributed by atoms with Gasteiger partial charge in [-0.1, -0.05) is 24.3 Å². The Hall–Kier alpha value is -2.80. The van der Waals surface area contributed by atoms with E-state index in [0.29, 0.717) is 31.5 Å². The van der Waals surface area contributed by atoms with E-state index in [1.807, 2.05) is 38.1 Å². The number of hydrogen-bond donors (Lipinski definition) is 0. The van der Waals surface area contributed by atoms with Crippen LogP contribution in [-0.2, 0) is 17.8 Å². The van der Waals surface area contributed by atoms with Crippen molar-refractivity contribution in [3.63, 3.8) is 0 Å². The molecular weight excluding hydrogens is 310 g/mol. The molecule has 0 radical (unpaired) electrons. The van der Waals surface area contributed by atoms with Crippen molar-refractivity contribution in [2.75, 3.05) is 25.5 Å². The van der Waals surface area contributed by atoms with E-state index in [1.165, 1.54) is 0 Å². The zero-order valence-electron chi connectivity index (χ0n) is 15.2. The third-order valence-corrected chi connectivity index (χ3v) is 4.27. The first kappa shape index (κ1) is 18.5. The van der Waals surface area contributed by atoms with Gasteiger partial charge in [-0.25, -0.2) is 0 Å². The lowest BCUT2D eigenvalue weighted by atomic mass is 10.1. The largest absolute Gasteiger partial charge is 0.378 e. The fourth-order valence-corrected chi connectivity index (χ4v) is 2.65. The van der Waals surface area contributed by atoms with Gasteiger partial charge in [-0.3, -0.25) is 4.79 Å². The van der Waals surface area contributed by atoms with Crippen molar-refractivity contribution in [1.82, 2.24) is 4.90 Å². The fourth-order valence-electron chi connectivity index (χ4n) is 2.65. The molecule has 0 bridgehead atoms. The molecule has 0 atom stereocenters. The highest BCUT2D eigenvalue weighted by Gasteiger charge is 2.12. The van der Waals surface area contributed by atoms with E-state index in [1.54, 1.807) is 12.1 Å². The number of nitriles is 1. The molecule has 0 aliphatic carbocycles. The van der Waals surface area contributed by atoms with E-state index in [-0.39, 0.29) is 5.91 Å². The van der Waals surface area contributed by atoms with Crippen molar-refractivity contribution in [3.05, 3.63) is 65.2 Å². The van der Waals surface area contributed by atoms with Crippen LogP contribution >= 0.6 is 0 Å².